The van der Waals surface area contributed by atoms with E-state index in [0.29, 0.717) is 5.56 Å². The van der Waals surface area contributed by atoms with Crippen LogP contribution in [0.1, 0.15) is 11.7 Å². The molecule has 0 bridgehead atoms. The van der Waals surface area contributed by atoms with Gasteiger partial charge in [0.15, 0.2) is 6.10 Å². The van der Waals surface area contributed by atoms with Gasteiger partial charge in [-0.2, -0.15) is 0 Å². The maximum atomic E-state index is 12.2. The Labute approximate surface area is 135 Å². The second kappa shape index (κ2) is 13.0. The predicted octanol–water partition coefficient (Wildman–Crippen LogP) is 0.305. The fourth-order valence-corrected chi connectivity index (χ4v) is 1.76. The molecule has 0 aliphatic heterocycles. The number of aliphatic hydroxyl groups is 2. The normalized spacial score (nSPS) is 12.1. The first-order chi connectivity index (χ1) is 11.3. The fourth-order valence-electron chi connectivity index (χ4n) is 1.76. The number of hydrogen-bond acceptors (Lipinski definition) is 7. The Morgan fingerprint density at radius 1 is 0.870 bits per heavy atom. The lowest BCUT2D eigenvalue weighted by molar-refractivity contribution is -0.160. The number of carbonyl (C=O) groups excluding carboxylic acids is 1. The molecule has 0 radical (unpaired) electrons. The molecule has 23 heavy (non-hydrogen) atoms. The van der Waals surface area contributed by atoms with Gasteiger partial charge in [-0.15, -0.1) is 0 Å². The SMILES string of the molecule is O=C(OCCOCCO)C(OCCOCCO)c1ccccc1. The lowest BCUT2D eigenvalue weighted by atomic mass is 10.1. The van der Waals surface area contributed by atoms with Crippen LogP contribution in [0.4, 0.5) is 0 Å². The molecule has 0 saturated carbocycles. The molecular formula is C16H24O7. The molecule has 0 heterocycles. The van der Waals surface area contributed by atoms with E-state index in [9.17, 15) is 4.79 Å². The van der Waals surface area contributed by atoms with Crippen molar-refractivity contribution in [1.29, 1.82) is 0 Å². The Morgan fingerprint density at radius 3 is 2.09 bits per heavy atom. The standard InChI is InChI=1S/C16H24O7/c17-6-8-20-10-12-22-15(14-4-2-1-3-5-14)16(19)23-13-11-21-9-7-18/h1-5,15,17-18H,6-13H2. The zero-order chi connectivity index (χ0) is 16.8. The Hall–Kier alpha value is -1.51. The first-order valence-electron chi connectivity index (χ1n) is 7.50. The lowest BCUT2D eigenvalue weighted by Crippen LogP contribution is -2.22. The lowest BCUT2D eigenvalue weighted by Gasteiger charge is -2.17. The second-order valence-electron chi connectivity index (χ2n) is 4.50. The van der Waals surface area contributed by atoms with Crippen molar-refractivity contribution in [3.8, 4) is 0 Å². The van der Waals surface area contributed by atoms with Crippen LogP contribution in [0, 0.1) is 0 Å². The topological polar surface area (TPSA) is 94.5 Å². The molecule has 7 nitrogen and oxygen atoms in total. The van der Waals surface area contributed by atoms with E-state index >= 15 is 0 Å². The number of aliphatic hydroxyl groups excluding tert-OH is 2. The summed E-state index contributed by atoms with van der Waals surface area (Å²) >= 11 is 0. The molecule has 1 rings (SSSR count). The third kappa shape index (κ3) is 8.63. The molecule has 2 N–H and O–H groups in total. The van der Waals surface area contributed by atoms with Crippen molar-refractivity contribution >= 4 is 5.97 Å². The van der Waals surface area contributed by atoms with E-state index in [1.807, 2.05) is 18.2 Å². The predicted molar refractivity (Wildman–Crippen MR) is 81.9 cm³/mol. The highest BCUT2D eigenvalue weighted by molar-refractivity contribution is 5.76. The van der Waals surface area contributed by atoms with Crippen molar-refractivity contribution in [2.45, 2.75) is 6.10 Å². The van der Waals surface area contributed by atoms with Crippen LogP contribution in [0.15, 0.2) is 30.3 Å². The molecule has 0 amide bonds. The van der Waals surface area contributed by atoms with Gasteiger partial charge in [0.25, 0.3) is 0 Å². The van der Waals surface area contributed by atoms with Crippen molar-refractivity contribution in [2.75, 3.05) is 52.9 Å². The molecule has 0 aliphatic carbocycles. The smallest absolute Gasteiger partial charge is 0.340 e. The molecule has 130 valence electrons. The van der Waals surface area contributed by atoms with Crippen molar-refractivity contribution < 1.29 is 34.0 Å². The van der Waals surface area contributed by atoms with Gasteiger partial charge in [0.05, 0.1) is 46.2 Å². The number of rotatable bonds is 13. The molecule has 0 spiro atoms. The van der Waals surface area contributed by atoms with Crippen molar-refractivity contribution in [1.82, 2.24) is 0 Å². The molecule has 1 aromatic carbocycles. The third-order valence-electron chi connectivity index (χ3n) is 2.77. The van der Waals surface area contributed by atoms with Crippen LogP contribution in [-0.4, -0.2) is 69.0 Å². The molecule has 0 fully saturated rings. The van der Waals surface area contributed by atoms with E-state index in [0.717, 1.165) is 0 Å². The molecule has 1 unspecified atom stereocenters. The Morgan fingerprint density at radius 2 is 1.48 bits per heavy atom. The van der Waals surface area contributed by atoms with Crippen molar-refractivity contribution in [2.24, 2.45) is 0 Å². The Bertz CT molecular complexity index is 410. The summed E-state index contributed by atoms with van der Waals surface area (Å²) in [6, 6.07) is 9.03. The summed E-state index contributed by atoms with van der Waals surface area (Å²) in [7, 11) is 0. The molecule has 0 saturated heterocycles. The Kier molecular flexibility index (Phi) is 11.0. The zero-order valence-corrected chi connectivity index (χ0v) is 13.1. The quantitative estimate of drug-likeness (QED) is 0.397. The van der Waals surface area contributed by atoms with Gasteiger partial charge in [0.2, 0.25) is 0 Å². The number of carbonyl (C=O) groups is 1. The van der Waals surface area contributed by atoms with Crippen LogP contribution in [-0.2, 0) is 23.7 Å². The van der Waals surface area contributed by atoms with Gasteiger partial charge in [-0.3, -0.25) is 0 Å². The van der Waals surface area contributed by atoms with Crippen LogP contribution in [0.3, 0.4) is 0 Å². The van der Waals surface area contributed by atoms with Gasteiger partial charge in [0, 0.05) is 0 Å². The minimum Gasteiger partial charge on any atom is -0.461 e. The summed E-state index contributed by atoms with van der Waals surface area (Å²) < 4.78 is 20.8. The van der Waals surface area contributed by atoms with Crippen LogP contribution >= 0.6 is 0 Å². The maximum Gasteiger partial charge on any atom is 0.340 e. The zero-order valence-electron chi connectivity index (χ0n) is 13.1. The van der Waals surface area contributed by atoms with E-state index in [2.05, 4.69) is 0 Å². The molecule has 1 aromatic rings. The van der Waals surface area contributed by atoms with Crippen molar-refractivity contribution in [3.05, 3.63) is 35.9 Å². The van der Waals surface area contributed by atoms with Gasteiger partial charge in [-0.05, 0) is 5.56 Å². The highest BCUT2D eigenvalue weighted by Crippen LogP contribution is 2.18. The molecule has 7 heteroatoms. The highest BCUT2D eigenvalue weighted by atomic mass is 16.6. The number of benzene rings is 1. The second-order valence-corrected chi connectivity index (χ2v) is 4.50. The van der Waals surface area contributed by atoms with E-state index in [1.54, 1.807) is 12.1 Å². The van der Waals surface area contributed by atoms with E-state index < -0.39 is 12.1 Å². The molecular weight excluding hydrogens is 304 g/mol. The molecule has 0 aliphatic rings. The summed E-state index contributed by atoms with van der Waals surface area (Å²) in [6.07, 6.45) is -0.841. The average molecular weight is 328 g/mol. The maximum absolute atomic E-state index is 12.2. The van der Waals surface area contributed by atoms with Crippen LogP contribution in [0.25, 0.3) is 0 Å². The Balaban J connectivity index is 2.45. The van der Waals surface area contributed by atoms with E-state index in [-0.39, 0.29) is 52.9 Å². The van der Waals surface area contributed by atoms with Gasteiger partial charge >= 0.3 is 5.97 Å². The fraction of sp³-hybridized carbons (Fsp3) is 0.562. The number of hydrogen-bond donors (Lipinski definition) is 2. The van der Waals surface area contributed by atoms with Crippen molar-refractivity contribution in [3.63, 3.8) is 0 Å². The van der Waals surface area contributed by atoms with Crippen LogP contribution in [0.5, 0.6) is 0 Å². The summed E-state index contributed by atoms with van der Waals surface area (Å²) in [5.74, 6) is -0.508. The van der Waals surface area contributed by atoms with Crippen LogP contribution < -0.4 is 0 Å². The van der Waals surface area contributed by atoms with Gasteiger partial charge in [-0.25, -0.2) is 4.79 Å². The average Bonchev–Trinajstić information content (AvgIpc) is 2.58. The first-order valence-corrected chi connectivity index (χ1v) is 7.50. The minimum atomic E-state index is -0.841. The third-order valence-corrected chi connectivity index (χ3v) is 2.77. The van der Waals surface area contributed by atoms with Crippen LogP contribution in [0.2, 0.25) is 0 Å². The number of ether oxygens (including phenoxy) is 4. The minimum absolute atomic E-state index is 0.0575. The number of esters is 1. The summed E-state index contributed by atoms with van der Waals surface area (Å²) in [5, 5.41) is 17.2. The first kappa shape index (κ1) is 19.5. The molecule has 1 atom stereocenters. The van der Waals surface area contributed by atoms with Gasteiger partial charge in [-0.1, -0.05) is 30.3 Å². The summed E-state index contributed by atoms with van der Waals surface area (Å²) in [6.45, 7) is 1.09. The molecule has 0 aromatic heterocycles. The van der Waals surface area contributed by atoms with Gasteiger partial charge < -0.3 is 29.2 Å². The van der Waals surface area contributed by atoms with Gasteiger partial charge in [0.1, 0.15) is 6.61 Å². The van der Waals surface area contributed by atoms with E-state index in [1.165, 1.54) is 0 Å². The summed E-state index contributed by atoms with van der Waals surface area (Å²) in [5.41, 5.74) is 0.691. The highest BCUT2D eigenvalue weighted by Gasteiger charge is 2.22. The van der Waals surface area contributed by atoms with E-state index in [4.69, 9.17) is 29.2 Å². The monoisotopic (exact) mass is 328 g/mol. The summed E-state index contributed by atoms with van der Waals surface area (Å²) in [4.78, 5) is 12.2. The largest absolute Gasteiger partial charge is 0.461 e.